The molecule has 2 N–H and O–H groups in total. The highest BCUT2D eigenvalue weighted by molar-refractivity contribution is 8.14. The molecule has 0 spiro atoms. The van der Waals surface area contributed by atoms with Gasteiger partial charge in [0.25, 0.3) is 0 Å². The number of nitrogens with zero attached hydrogens (tertiary/aromatic N) is 1. The smallest absolute Gasteiger partial charge is 0.154 e. The van der Waals surface area contributed by atoms with Crippen molar-refractivity contribution in [2.75, 3.05) is 7.05 Å². The predicted molar refractivity (Wildman–Crippen MR) is 44.9 cm³/mol. The second-order valence-corrected chi connectivity index (χ2v) is 4.62. The van der Waals surface area contributed by atoms with Gasteiger partial charge in [0.05, 0.1) is 0 Å². The molecule has 0 aromatic heterocycles. The van der Waals surface area contributed by atoms with E-state index in [1.165, 1.54) is 0 Å². The summed E-state index contributed by atoms with van der Waals surface area (Å²) < 4.78 is 0.184. The van der Waals surface area contributed by atoms with Crippen LogP contribution in [0.5, 0.6) is 0 Å². The summed E-state index contributed by atoms with van der Waals surface area (Å²) in [6.07, 6.45) is 0. The van der Waals surface area contributed by atoms with Crippen LogP contribution in [0.25, 0.3) is 0 Å². The fourth-order valence-electron chi connectivity index (χ4n) is 0.359. The van der Waals surface area contributed by atoms with Crippen LogP contribution in [-0.2, 0) is 0 Å². The van der Waals surface area contributed by atoms with Gasteiger partial charge in [-0.3, -0.25) is 4.99 Å². The third-order valence-electron chi connectivity index (χ3n) is 0.631. The van der Waals surface area contributed by atoms with E-state index in [0.29, 0.717) is 5.17 Å². The van der Waals surface area contributed by atoms with Gasteiger partial charge in [-0.1, -0.05) is 32.5 Å². The summed E-state index contributed by atoms with van der Waals surface area (Å²) in [5, 5.41) is 0.655. The first-order valence-corrected chi connectivity index (χ1v) is 3.68. The van der Waals surface area contributed by atoms with E-state index in [1.807, 2.05) is 0 Å². The van der Waals surface area contributed by atoms with Gasteiger partial charge in [-0.2, -0.15) is 0 Å². The lowest BCUT2D eigenvalue weighted by molar-refractivity contribution is 0.808. The summed E-state index contributed by atoms with van der Waals surface area (Å²) in [6.45, 7) is 6.32. The predicted octanol–water partition coefficient (Wildman–Crippen LogP) is 1.46. The molecule has 0 rings (SSSR count). The van der Waals surface area contributed by atoms with Crippen LogP contribution in [0.2, 0.25) is 0 Å². The van der Waals surface area contributed by atoms with Crippen molar-refractivity contribution in [3.8, 4) is 0 Å². The van der Waals surface area contributed by atoms with Crippen molar-refractivity contribution in [2.24, 2.45) is 10.7 Å². The maximum Gasteiger partial charge on any atom is 0.154 e. The Balaban J connectivity index is 3.75. The lowest BCUT2D eigenvalue weighted by Gasteiger charge is -2.15. The number of aliphatic imine (C=N–C) groups is 1. The minimum absolute atomic E-state index is 0.184. The number of rotatable bonds is 0. The number of nitrogens with two attached hydrogens (primary N) is 1. The van der Waals surface area contributed by atoms with Crippen LogP contribution in [-0.4, -0.2) is 17.0 Å². The standard InChI is InChI=1S/C6H14N2S/c1-6(2,3)9-5(7)8-4/h1-4H3,(H2,7,8). The third-order valence-corrected chi connectivity index (χ3v) is 1.64. The fraction of sp³-hybridized carbons (Fsp3) is 0.833. The summed E-state index contributed by atoms with van der Waals surface area (Å²) in [7, 11) is 1.70. The number of hydrogen-bond donors (Lipinski definition) is 1. The molecule has 0 amide bonds. The average molecular weight is 146 g/mol. The lowest BCUT2D eigenvalue weighted by Crippen LogP contribution is -2.17. The topological polar surface area (TPSA) is 38.4 Å². The van der Waals surface area contributed by atoms with Crippen LogP contribution >= 0.6 is 11.8 Å². The van der Waals surface area contributed by atoms with Crippen LogP contribution in [0.4, 0.5) is 0 Å². The molecule has 0 aromatic rings. The zero-order valence-electron chi connectivity index (χ0n) is 6.43. The van der Waals surface area contributed by atoms with Crippen molar-refractivity contribution in [3.05, 3.63) is 0 Å². The van der Waals surface area contributed by atoms with Gasteiger partial charge in [-0.15, -0.1) is 0 Å². The Morgan fingerprint density at radius 3 is 2.00 bits per heavy atom. The van der Waals surface area contributed by atoms with Gasteiger partial charge < -0.3 is 5.73 Å². The monoisotopic (exact) mass is 146 g/mol. The van der Waals surface area contributed by atoms with Gasteiger partial charge in [0.2, 0.25) is 0 Å². The molecule has 0 fully saturated rings. The van der Waals surface area contributed by atoms with E-state index >= 15 is 0 Å². The van der Waals surface area contributed by atoms with E-state index in [-0.39, 0.29) is 4.75 Å². The second kappa shape index (κ2) is 3.11. The van der Waals surface area contributed by atoms with Crippen LogP contribution in [0.15, 0.2) is 4.99 Å². The molecule has 0 aliphatic heterocycles. The van der Waals surface area contributed by atoms with Gasteiger partial charge in [0.1, 0.15) is 0 Å². The largest absolute Gasteiger partial charge is 0.379 e. The first kappa shape index (κ1) is 8.82. The van der Waals surface area contributed by atoms with Crippen molar-refractivity contribution in [2.45, 2.75) is 25.5 Å². The van der Waals surface area contributed by atoms with Crippen LogP contribution in [0.1, 0.15) is 20.8 Å². The maximum absolute atomic E-state index is 5.47. The average Bonchev–Trinajstić information content (AvgIpc) is 1.62. The molecule has 9 heavy (non-hydrogen) atoms. The highest BCUT2D eigenvalue weighted by Gasteiger charge is 2.11. The number of thioether (sulfide) groups is 1. The summed E-state index contributed by atoms with van der Waals surface area (Å²) in [4.78, 5) is 3.83. The Bertz CT molecular complexity index is 113. The Labute approximate surface area is 60.9 Å². The van der Waals surface area contributed by atoms with E-state index in [0.717, 1.165) is 0 Å². The van der Waals surface area contributed by atoms with Crippen molar-refractivity contribution in [1.82, 2.24) is 0 Å². The quantitative estimate of drug-likeness (QED) is 0.415. The van der Waals surface area contributed by atoms with Crippen LogP contribution in [0, 0.1) is 0 Å². The molecule has 0 saturated heterocycles. The first-order chi connectivity index (χ1) is 3.95. The van der Waals surface area contributed by atoms with Crippen molar-refractivity contribution < 1.29 is 0 Å². The molecule has 0 saturated carbocycles. The highest BCUT2D eigenvalue weighted by atomic mass is 32.2. The molecule has 0 aliphatic rings. The van der Waals surface area contributed by atoms with Gasteiger partial charge in [-0.05, 0) is 0 Å². The molecule has 0 aliphatic carbocycles. The molecule has 3 heteroatoms. The summed E-state index contributed by atoms with van der Waals surface area (Å²) >= 11 is 1.58. The van der Waals surface area contributed by atoms with Gasteiger partial charge in [-0.25, -0.2) is 0 Å². The zero-order chi connectivity index (χ0) is 7.49. The van der Waals surface area contributed by atoms with E-state index < -0.39 is 0 Å². The Morgan fingerprint density at radius 2 is 1.89 bits per heavy atom. The van der Waals surface area contributed by atoms with E-state index in [4.69, 9.17) is 5.73 Å². The van der Waals surface area contributed by atoms with Crippen LogP contribution in [0.3, 0.4) is 0 Å². The van der Waals surface area contributed by atoms with Gasteiger partial charge >= 0.3 is 0 Å². The minimum atomic E-state index is 0.184. The minimum Gasteiger partial charge on any atom is -0.379 e. The van der Waals surface area contributed by atoms with E-state index in [2.05, 4.69) is 25.8 Å². The van der Waals surface area contributed by atoms with Crippen molar-refractivity contribution >= 4 is 16.9 Å². The number of hydrogen-bond acceptors (Lipinski definition) is 2. The van der Waals surface area contributed by atoms with E-state index in [9.17, 15) is 0 Å². The first-order valence-electron chi connectivity index (χ1n) is 2.87. The molecular weight excluding hydrogens is 132 g/mol. The Morgan fingerprint density at radius 1 is 1.44 bits per heavy atom. The molecule has 2 nitrogen and oxygen atoms in total. The second-order valence-electron chi connectivity index (χ2n) is 2.78. The molecule has 54 valence electrons. The molecule has 0 atom stereocenters. The van der Waals surface area contributed by atoms with Crippen molar-refractivity contribution in [3.63, 3.8) is 0 Å². The lowest BCUT2D eigenvalue weighted by atomic mass is 10.3. The summed E-state index contributed by atoms with van der Waals surface area (Å²) in [6, 6.07) is 0. The highest BCUT2D eigenvalue weighted by Crippen LogP contribution is 2.22. The zero-order valence-corrected chi connectivity index (χ0v) is 7.25. The fourth-order valence-corrected chi connectivity index (χ4v) is 1.08. The molecule has 0 bridgehead atoms. The Hall–Kier alpha value is -0.180. The SMILES string of the molecule is CN=C(N)SC(C)(C)C. The molecule has 0 unspecified atom stereocenters. The summed E-state index contributed by atoms with van der Waals surface area (Å²) in [5.74, 6) is 0. The normalized spacial score (nSPS) is 14.0. The molecule has 0 radical (unpaired) electrons. The molecular formula is C6H14N2S. The van der Waals surface area contributed by atoms with E-state index in [1.54, 1.807) is 18.8 Å². The third kappa shape index (κ3) is 5.69. The van der Waals surface area contributed by atoms with Gasteiger partial charge in [0.15, 0.2) is 5.17 Å². The maximum atomic E-state index is 5.47. The molecule has 0 aromatic carbocycles. The molecule has 0 heterocycles. The Kier molecular flexibility index (Phi) is 3.04. The van der Waals surface area contributed by atoms with Gasteiger partial charge in [0, 0.05) is 11.8 Å². The van der Waals surface area contributed by atoms with Crippen molar-refractivity contribution in [1.29, 1.82) is 0 Å². The van der Waals surface area contributed by atoms with Crippen LogP contribution < -0.4 is 5.73 Å². The number of amidine groups is 1. The summed E-state index contributed by atoms with van der Waals surface area (Å²) in [5.41, 5.74) is 5.47.